The van der Waals surface area contributed by atoms with E-state index in [-0.39, 0.29) is 18.9 Å². The highest BCUT2D eigenvalue weighted by molar-refractivity contribution is 5.76. The molecule has 0 bridgehead atoms. The Morgan fingerprint density at radius 2 is 0.622 bits per heavy atom. The maximum Gasteiger partial charge on any atom is 0.220 e. The van der Waals surface area contributed by atoms with Gasteiger partial charge in [-0.25, -0.2) is 0 Å². The summed E-state index contributed by atoms with van der Waals surface area (Å²) >= 11 is 0. The molecular formula is C92H161NO18. The third-order valence-corrected chi connectivity index (χ3v) is 21.6. The van der Waals surface area contributed by atoms with Gasteiger partial charge in [0.2, 0.25) is 5.91 Å². The van der Waals surface area contributed by atoms with Crippen molar-refractivity contribution in [2.75, 3.05) is 26.4 Å². The molecule has 3 rings (SSSR count). The molecule has 1 amide bonds. The zero-order valence-corrected chi connectivity index (χ0v) is 69.2. The van der Waals surface area contributed by atoms with E-state index >= 15 is 0 Å². The summed E-state index contributed by atoms with van der Waals surface area (Å²) in [5.41, 5.74) is 0. The lowest BCUT2D eigenvalue weighted by Crippen LogP contribution is -2.66. The van der Waals surface area contributed by atoms with E-state index in [0.717, 1.165) is 109 Å². The van der Waals surface area contributed by atoms with Crippen LogP contribution in [0.1, 0.15) is 335 Å². The molecule has 3 aliphatic heterocycles. The van der Waals surface area contributed by atoms with E-state index in [4.69, 9.17) is 28.4 Å². The molecule has 642 valence electrons. The summed E-state index contributed by atoms with van der Waals surface area (Å²) in [5.74, 6) is -0.278. The minimum Gasteiger partial charge on any atom is -0.394 e. The average Bonchev–Trinajstić information content (AvgIpc) is 0.779. The number of aliphatic hydroxyl groups is 11. The Bertz CT molecular complexity index is 2430. The van der Waals surface area contributed by atoms with E-state index < -0.39 is 124 Å². The van der Waals surface area contributed by atoms with Crippen LogP contribution in [0.5, 0.6) is 0 Å². The Balaban J connectivity index is 1.34. The van der Waals surface area contributed by atoms with Crippen LogP contribution in [-0.4, -0.2) is 193 Å². The number of hydrogen-bond acceptors (Lipinski definition) is 18. The lowest BCUT2D eigenvalue weighted by molar-refractivity contribution is -0.379. The van der Waals surface area contributed by atoms with E-state index in [9.17, 15) is 61.0 Å². The van der Waals surface area contributed by atoms with Crippen LogP contribution in [0.25, 0.3) is 0 Å². The molecule has 3 fully saturated rings. The topological polar surface area (TPSA) is 307 Å². The molecule has 0 spiro atoms. The maximum absolute atomic E-state index is 13.5. The van der Waals surface area contributed by atoms with E-state index in [1.54, 1.807) is 6.08 Å². The van der Waals surface area contributed by atoms with Crippen molar-refractivity contribution in [1.82, 2.24) is 5.32 Å². The summed E-state index contributed by atoms with van der Waals surface area (Å²) in [4.78, 5) is 13.5. The van der Waals surface area contributed by atoms with Gasteiger partial charge in [0, 0.05) is 6.42 Å². The quantitative estimate of drug-likeness (QED) is 0.0199. The van der Waals surface area contributed by atoms with Crippen molar-refractivity contribution in [2.24, 2.45) is 0 Å². The van der Waals surface area contributed by atoms with Crippen molar-refractivity contribution in [3.8, 4) is 0 Å². The van der Waals surface area contributed by atoms with Crippen LogP contribution in [0.4, 0.5) is 0 Å². The van der Waals surface area contributed by atoms with Gasteiger partial charge in [0.05, 0.1) is 38.6 Å². The van der Waals surface area contributed by atoms with Crippen molar-refractivity contribution in [3.05, 3.63) is 109 Å². The number of rotatable bonds is 71. The van der Waals surface area contributed by atoms with E-state index in [1.807, 2.05) is 6.08 Å². The lowest BCUT2D eigenvalue weighted by atomic mass is 9.96. The fraction of sp³-hybridized carbons (Fsp3) is 0.793. The Kier molecular flexibility index (Phi) is 64.7. The van der Waals surface area contributed by atoms with Crippen LogP contribution in [0.15, 0.2) is 109 Å². The highest BCUT2D eigenvalue weighted by Crippen LogP contribution is 2.33. The molecule has 0 aromatic heterocycles. The van der Waals surface area contributed by atoms with Gasteiger partial charge in [-0.05, 0) is 83.5 Å². The van der Waals surface area contributed by atoms with Crippen molar-refractivity contribution >= 4 is 5.91 Å². The molecule has 3 heterocycles. The van der Waals surface area contributed by atoms with E-state index in [0.29, 0.717) is 6.42 Å². The van der Waals surface area contributed by atoms with Gasteiger partial charge in [0.1, 0.15) is 73.2 Å². The fourth-order valence-corrected chi connectivity index (χ4v) is 14.5. The SMILES string of the molecule is CC/C=C\C/C=C\C/C=C\C/C=C\C/C=C\C/C=C\C/C=C\C/C=C\CCCCCCCCCCCCCCC(=O)NC(COC1OC(CO)C(OC2OC(CO)C(OC3OC(CO)C(O)C(O)C3O)C(O)C2O)C(O)C1O)C(O)/C=C/CCCCCCCCCCCCCCCCCCCCCCCCCCCCC. The smallest absolute Gasteiger partial charge is 0.220 e. The molecule has 3 saturated heterocycles. The predicted molar refractivity (Wildman–Crippen MR) is 447 cm³/mol. The predicted octanol–water partition coefficient (Wildman–Crippen LogP) is 16.8. The van der Waals surface area contributed by atoms with Crippen molar-refractivity contribution in [3.63, 3.8) is 0 Å². The molecule has 0 aromatic carbocycles. The van der Waals surface area contributed by atoms with Crippen LogP contribution < -0.4 is 5.32 Å². The molecule has 111 heavy (non-hydrogen) atoms. The first-order chi connectivity index (χ1) is 54.3. The largest absolute Gasteiger partial charge is 0.394 e. The highest BCUT2D eigenvalue weighted by atomic mass is 16.8. The molecule has 17 unspecified atom stereocenters. The van der Waals surface area contributed by atoms with Gasteiger partial charge in [-0.3, -0.25) is 4.79 Å². The Morgan fingerprint density at radius 1 is 0.333 bits per heavy atom. The molecule has 0 saturated carbocycles. The number of allylic oxidation sites excluding steroid dienone is 17. The number of amides is 1. The molecule has 0 radical (unpaired) electrons. The molecule has 19 nitrogen and oxygen atoms in total. The molecule has 19 heteroatoms. The van der Waals surface area contributed by atoms with E-state index in [1.165, 1.54) is 199 Å². The Hall–Kier alpha value is -3.55. The molecular weight excluding hydrogens is 1410 g/mol. The first-order valence-corrected chi connectivity index (χ1v) is 44.6. The number of unbranched alkanes of at least 4 members (excludes halogenated alkanes) is 39. The first kappa shape index (κ1) is 102. The fourth-order valence-electron chi connectivity index (χ4n) is 14.5. The maximum atomic E-state index is 13.5. The van der Waals surface area contributed by atoms with Gasteiger partial charge in [-0.2, -0.15) is 0 Å². The van der Waals surface area contributed by atoms with Crippen LogP contribution in [0, 0.1) is 0 Å². The van der Waals surface area contributed by atoms with Gasteiger partial charge in [-0.15, -0.1) is 0 Å². The third-order valence-electron chi connectivity index (χ3n) is 21.6. The normalized spacial score (nSPS) is 25.6. The van der Waals surface area contributed by atoms with Crippen LogP contribution in [0.3, 0.4) is 0 Å². The summed E-state index contributed by atoms with van der Waals surface area (Å²) in [7, 11) is 0. The van der Waals surface area contributed by atoms with Gasteiger partial charge >= 0.3 is 0 Å². The summed E-state index contributed by atoms with van der Waals surface area (Å²) in [6.07, 6.45) is 72.2. The molecule has 0 aromatic rings. The minimum atomic E-state index is -1.98. The van der Waals surface area contributed by atoms with Crippen LogP contribution >= 0.6 is 0 Å². The monoisotopic (exact) mass is 1570 g/mol. The summed E-state index contributed by atoms with van der Waals surface area (Å²) in [5, 5.41) is 121. The summed E-state index contributed by atoms with van der Waals surface area (Å²) in [6.45, 7) is 1.66. The lowest BCUT2D eigenvalue weighted by Gasteiger charge is -2.48. The third kappa shape index (κ3) is 49.3. The molecule has 12 N–H and O–H groups in total. The highest BCUT2D eigenvalue weighted by Gasteiger charge is 2.54. The second-order valence-corrected chi connectivity index (χ2v) is 31.3. The molecule has 17 atom stereocenters. The van der Waals surface area contributed by atoms with Gasteiger partial charge in [0.25, 0.3) is 0 Å². The van der Waals surface area contributed by atoms with Crippen molar-refractivity contribution in [1.29, 1.82) is 0 Å². The number of carbonyl (C=O) groups is 1. The minimum absolute atomic E-state index is 0.236. The summed E-state index contributed by atoms with van der Waals surface area (Å²) < 4.78 is 34.5. The zero-order valence-electron chi connectivity index (χ0n) is 69.2. The number of aliphatic hydroxyl groups excluding tert-OH is 11. The Labute approximate surface area is 672 Å². The number of carbonyl (C=O) groups excluding carboxylic acids is 1. The van der Waals surface area contributed by atoms with Crippen molar-refractivity contribution < 1.29 is 89.4 Å². The molecule has 3 aliphatic rings. The van der Waals surface area contributed by atoms with Gasteiger partial charge in [-0.1, -0.05) is 354 Å². The average molecular weight is 1570 g/mol. The standard InChI is InChI=1S/C92H161NO18/c1-3-5-7-9-11-13-15-17-19-21-23-25-27-29-31-33-34-35-36-37-38-39-40-42-44-46-48-50-52-54-56-58-60-62-64-66-68-70-80(98)93-75(76(97)69-67-65-63-61-59-57-55-53-51-49-47-45-43-41-32-30-28-26-24-22-20-18-16-14-12-10-8-6-4-2)74-106-90-86(104)83(101)88(78(72-95)108-90)111-92-87(105)84(102)89(79(73-96)109-92)110-91-85(103)82(100)81(99)77(71-94)107-91/h5,7,11,13,17,19,23,25,29,31,34-35,37-38,40,42,67,69,75-79,81-92,94-97,99-105H,3-4,6,8-10,12,14-16,18,20-22,24,26-28,30,32-33,36,39,41,43-66,68,70-74H2,1-2H3,(H,93,98)/b7-5-,13-11-,19-17-,25-23-,31-29-,35-34-,38-37-,42-40-,69-67+. The second-order valence-electron chi connectivity index (χ2n) is 31.3. The zero-order chi connectivity index (χ0) is 80.3. The number of ether oxygens (including phenoxy) is 6. The Morgan fingerprint density at radius 3 is 0.973 bits per heavy atom. The van der Waals surface area contributed by atoms with Crippen LogP contribution in [0.2, 0.25) is 0 Å². The van der Waals surface area contributed by atoms with Crippen LogP contribution in [-0.2, 0) is 33.2 Å². The second kappa shape index (κ2) is 70.6. The number of nitrogens with one attached hydrogen (secondary N) is 1. The van der Waals surface area contributed by atoms with E-state index in [2.05, 4.69) is 116 Å². The van der Waals surface area contributed by atoms with Gasteiger partial charge in [0.15, 0.2) is 18.9 Å². The number of hydrogen-bond donors (Lipinski definition) is 12. The molecule has 0 aliphatic carbocycles. The van der Waals surface area contributed by atoms with Gasteiger partial charge < -0.3 is 89.9 Å². The first-order valence-electron chi connectivity index (χ1n) is 44.6. The summed E-state index contributed by atoms with van der Waals surface area (Å²) in [6, 6.07) is -0.983. The van der Waals surface area contributed by atoms with Crippen molar-refractivity contribution in [2.45, 2.75) is 439 Å².